The van der Waals surface area contributed by atoms with Gasteiger partial charge in [-0.25, -0.2) is 17.2 Å². The molecule has 0 bridgehead atoms. The average molecular weight is 272 g/mol. The van der Waals surface area contributed by atoms with Gasteiger partial charge in [-0.1, -0.05) is 0 Å². The number of methoxy groups -OCH3 is 1. The fourth-order valence-corrected chi connectivity index (χ4v) is 2.24. The van der Waals surface area contributed by atoms with Gasteiger partial charge in [-0.15, -0.1) is 0 Å². The minimum Gasteiger partial charge on any atom is -0.481 e. The lowest BCUT2D eigenvalue weighted by atomic mass is 10.2. The van der Waals surface area contributed by atoms with Gasteiger partial charge < -0.3 is 4.74 Å². The van der Waals surface area contributed by atoms with Crippen LogP contribution in [-0.4, -0.2) is 20.5 Å². The maximum absolute atomic E-state index is 12.7. The predicted octanol–water partition coefficient (Wildman–Crippen LogP) is 2.26. The molecule has 1 aromatic heterocycles. The van der Waals surface area contributed by atoms with E-state index in [1.165, 1.54) is 20.1 Å². The molecule has 0 atom stereocenters. The summed E-state index contributed by atoms with van der Waals surface area (Å²) in [6.45, 7) is 1.33. The molecule has 90 valence electrons. The second kappa shape index (κ2) is 4.50. The summed E-state index contributed by atoms with van der Waals surface area (Å²) in [5, 5.41) is -0.860. The summed E-state index contributed by atoms with van der Waals surface area (Å²) in [7, 11) is 1.94. The van der Waals surface area contributed by atoms with E-state index in [0.717, 1.165) is 0 Å². The Balaban J connectivity index is 3.60. The van der Waals surface area contributed by atoms with E-state index in [4.69, 9.17) is 10.7 Å². The number of halogens is 3. The SMILES string of the molecule is COc1cc(C)c(C(F)F)c(S(=O)(=O)Cl)n1. The zero-order chi connectivity index (χ0) is 12.5. The Kier molecular flexibility index (Phi) is 3.69. The molecule has 0 aliphatic rings. The Morgan fingerprint density at radius 3 is 2.44 bits per heavy atom. The molecule has 8 heteroatoms. The number of nitrogens with zero attached hydrogens (tertiary/aromatic N) is 1. The molecular formula is C8H8ClF2NO3S. The van der Waals surface area contributed by atoms with E-state index in [9.17, 15) is 17.2 Å². The number of hydrogen-bond acceptors (Lipinski definition) is 4. The highest BCUT2D eigenvalue weighted by atomic mass is 35.7. The number of hydrogen-bond donors (Lipinski definition) is 0. The number of rotatable bonds is 3. The largest absolute Gasteiger partial charge is 0.481 e. The van der Waals surface area contributed by atoms with Crippen molar-refractivity contribution >= 4 is 19.7 Å². The maximum Gasteiger partial charge on any atom is 0.279 e. The third kappa shape index (κ3) is 2.59. The molecule has 0 saturated heterocycles. The summed E-state index contributed by atoms with van der Waals surface area (Å²) in [5.74, 6) is -0.0823. The van der Waals surface area contributed by atoms with Gasteiger partial charge in [0.1, 0.15) is 0 Å². The Hall–Kier alpha value is -0.950. The molecule has 16 heavy (non-hydrogen) atoms. The first-order valence-electron chi connectivity index (χ1n) is 4.05. The monoisotopic (exact) mass is 271 g/mol. The Morgan fingerprint density at radius 1 is 1.50 bits per heavy atom. The lowest BCUT2D eigenvalue weighted by molar-refractivity contribution is 0.146. The average Bonchev–Trinajstić information content (AvgIpc) is 2.14. The molecule has 4 nitrogen and oxygen atoms in total. The van der Waals surface area contributed by atoms with Gasteiger partial charge in [0.05, 0.1) is 12.7 Å². The van der Waals surface area contributed by atoms with Crippen LogP contribution in [0.15, 0.2) is 11.1 Å². The van der Waals surface area contributed by atoms with E-state index in [1.807, 2.05) is 0 Å². The normalized spacial score (nSPS) is 11.9. The van der Waals surface area contributed by atoms with Crippen LogP contribution < -0.4 is 4.74 Å². The van der Waals surface area contributed by atoms with Crippen molar-refractivity contribution in [2.75, 3.05) is 7.11 Å². The van der Waals surface area contributed by atoms with E-state index in [1.54, 1.807) is 0 Å². The van der Waals surface area contributed by atoms with E-state index < -0.39 is 26.1 Å². The van der Waals surface area contributed by atoms with Crippen molar-refractivity contribution < 1.29 is 21.9 Å². The summed E-state index contributed by atoms with van der Waals surface area (Å²) >= 11 is 0. The van der Waals surface area contributed by atoms with Crippen LogP contribution in [0.2, 0.25) is 0 Å². The highest BCUT2D eigenvalue weighted by Crippen LogP contribution is 2.32. The van der Waals surface area contributed by atoms with E-state index in [2.05, 4.69) is 9.72 Å². The van der Waals surface area contributed by atoms with Crippen molar-refractivity contribution in [1.82, 2.24) is 4.98 Å². The lowest BCUT2D eigenvalue weighted by Crippen LogP contribution is -2.06. The molecule has 1 rings (SSSR count). The van der Waals surface area contributed by atoms with Crippen molar-refractivity contribution in [1.29, 1.82) is 0 Å². The topological polar surface area (TPSA) is 56.3 Å². The summed E-state index contributed by atoms with van der Waals surface area (Å²) in [6.07, 6.45) is -2.97. The van der Waals surface area contributed by atoms with Gasteiger partial charge in [-0.05, 0) is 12.5 Å². The fraction of sp³-hybridized carbons (Fsp3) is 0.375. The van der Waals surface area contributed by atoms with Crippen LogP contribution in [0.25, 0.3) is 0 Å². The fourth-order valence-electron chi connectivity index (χ4n) is 1.18. The van der Waals surface area contributed by atoms with Crippen LogP contribution in [-0.2, 0) is 9.05 Å². The zero-order valence-electron chi connectivity index (χ0n) is 8.37. The van der Waals surface area contributed by atoms with Gasteiger partial charge in [0.25, 0.3) is 15.5 Å². The van der Waals surface area contributed by atoms with Crippen LogP contribution in [0.1, 0.15) is 17.6 Å². The standard InChI is InChI=1S/C8H8ClF2NO3S/c1-4-3-5(15-2)12-8(16(9,13)14)6(4)7(10)11/h3,7H,1-2H3. The number of ether oxygens (including phenoxy) is 1. The van der Waals surface area contributed by atoms with E-state index in [-0.39, 0.29) is 11.4 Å². The maximum atomic E-state index is 12.7. The lowest BCUT2D eigenvalue weighted by Gasteiger charge is -2.10. The Bertz CT molecular complexity index is 504. The van der Waals surface area contributed by atoms with Crippen molar-refractivity contribution in [2.45, 2.75) is 18.4 Å². The Labute approximate surface area is 95.6 Å². The van der Waals surface area contributed by atoms with Crippen molar-refractivity contribution in [3.63, 3.8) is 0 Å². The van der Waals surface area contributed by atoms with Gasteiger partial charge in [-0.3, -0.25) is 0 Å². The first kappa shape index (κ1) is 13.1. The van der Waals surface area contributed by atoms with Gasteiger partial charge >= 0.3 is 0 Å². The van der Waals surface area contributed by atoms with Gasteiger partial charge in [0, 0.05) is 16.7 Å². The second-order valence-corrected chi connectivity index (χ2v) is 5.42. The first-order chi connectivity index (χ1) is 7.27. The number of aryl methyl sites for hydroxylation is 1. The molecule has 0 aromatic carbocycles. The molecule has 0 saturated carbocycles. The summed E-state index contributed by atoms with van der Waals surface area (Å²) in [4.78, 5) is 3.42. The van der Waals surface area contributed by atoms with Crippen LogP contribution >= 0.6 is 10.7 Å². The molecule has 0 spiro atoms. The molecule has 0 aliphatic carbocycles. The molecule has 0 radical (unpaired) electrons. The highest BCUT2D eigenvalue weighted by molar-refractivity contribution is 8.13. The third-order valence-electron chi connectivity index (χ3n) is 1.87. The molecule has 0 amide bonds. The van der Waals surface area contributed by atoms with Crippen LogP contribution in [0.4, 0.5) is 8.78 Å². The number of aromatic nitrogens is 1. The van der Waals surface area contributed by atoms with Crippen LogP contribution in [0.3, 0.4) is 0 Å². The third-order valence-corrected chi connectivity index (χ3v) is 3.08. The summed E-state index contributed by atoms with van der Waals surface area (Å²) in [5.41, 5.74) is -0.642. The molecule has 0 fully saturated rings. The molecule has 1 heterocycles. The number of alkyl halides is 2. The minimum atomic E-state index is -4.33. The molecule has 0 N–H and O–H groups in total. The summed E-state index contributed by atoms with van der Waals surface area (Å²) in [6, 6.07) is 1.22. The molecule has 0 aliphatic heterocycles. The van der Waals surface area contributed by atoms with Crippen LogP contribution in [0, 0.1) is 6.92 Å². The molecule has 1 aromatic rings. The van der Waals surface area contributed by atoms with Gasteiger partial charge in [0.15, 0.2) is 5.03 Å². The first-order valence-corrected chi connectivity index (χ1v) is 6.36. The van der Waals surface area contributed by atoms with Crippen molar-refractivity contribution in [3.8, 4) is 5.88 Å². The number of pyridine rings is 1. The summed E-state index contributed by atoms with van der Waals surface area (Å²) < 4.78 is 52.2. The molecular weight excluding hydrogens is 264 g/mol. The molecule has 0 unspecified atom stereocenters. The predicted molar refractivity (Wildman–Crippen MR) is 53.5 cm³/mol. The van der Waals surface area contributed by atoms with Gasteiger partial charge in [0.2, 0.25) is 5.88 Å². The van der Waals surface area contributed by atoms with Crippen LogP contribution in [0.5, 0.6) is 5.88 Å². The second-order valence-electron chi connectivity index (χ2n) is 2.94. The van der Waals surface area contributed by atoms with E-state index >= 15 is 0 Å². The zero-order valence-corrected chi connectivity index (χ0v) is 9.94. The quantitative estimate of drug-likeness (QED) is 0.792. The van der Waals surface area contributed by atoms with Crippen molar-refractivity contribution in [2.24, 2.45) is 0 Å². The van der Waals surface area contributed by atoms with E-state index in [0.29, 0.717) is 0 Å². The van der Waals surface area contributed by atoms with Crippen molar-refractivity contribution in [3.05, 3.63) is 17.2 Å². The Morgan fingerprint density at radius 2 is 2.06 bits per heavy atom. The van der Waals surface area contributed by atoms with Gasteiger partial charge in [-0.2, -0.15) is 4.98 Å². The smallest absolute Gasteiger partial charge is 0.279 e. The minimum absolute atomic E-state index is 0.0566. The highest BCUT2D eigenvalue weighted by Gasteiger charge is 2.26.